The molecule has 1 fully saturated rings. The van der Waals surface area contributed by atoms with Crippen LogP contribution in [0.15, 0.2) is 36.7 Å². The normalized spacial score (nSPS) is 18.2. The van der Waals surface area contributed by atoms with E-state index in [1.165, 1.54) is 0 Å². The molecule has 3 rings (SSSR count). The third kappa shape index (κ3) is 2.68. The minimum atomic E-state index is -0.0696. The van der Waals surface area contributed by atoms with Crippen LogP contribution in [0.25, 0.3) is 11.1 Å². The number of rotatable bonds is 2. The molecule has 1 aromatic carbocycles. The highest BCUT2D eigenvalue weighted by molar-refractivity contribution is 5.95. The lowest BCUT2D eigenvalue weighted by atomic mass is 10.0. The summed E-state index contributed by atoms with van der Waals surface area (Å²) in [4.78, 5) is 14.4. The molecule has 2 aromatic rings. The van der Waals surface area contributed by atoms with E-state index in [1.807, 2.05) is 35.4 Å². The fourth-order valence-corrected chi connectivity index (χ4v) is 2.73. The number of aromatic amines is 1. The Morgan fingerprint density at radius 2 is 2.10 bits per heavy atom. The van der Waals surface area contributed by atoms with Crippen molar-refractivity contribution in [3.63, 3.8) is 0 Å². The molecule has 1 aliphatic heterocycles. The second-order valence-corrected chi connectivity index (χ2v) is 5.24. The first-order chi connectivity index (χ1) is 10.3. The van der Waals surface area contributed by atoms with Crippen LogP contribution in [0.1, 0.15) is 29.6 Å². The molecule has 1 atom stereocenters. The third-order valence-electron chi connectivity index (χ3n) is 3.92. The lowest BCUT2D eigenvalue weighted by Crippen LogP contribution is -2.42. The summed E-state index contributed by atoms with van der Waals surface area (Å²) in [7, 11) is 0. The first kappa shape index (κ1) is 13.4. The van der Waals surface area contributed by atoms with Gasteiger partial charge in [0.05, 0.1) is 12.2 Å². The van der Waals surface area contributed by atoms with Crippen LogP contribution in [-0.2, 0) is 0 Å². The Labute approximate surface area is 124 Å². The molecule has 1 amide bonds. The molecular formula is C17H17N3O. The monoisotopic (exact) mass is 279 g/mol. The number of H-pyrrole nitrogens is 1. The van der Waals surface area contributed by atoms with Crippen molar-refractivity contribution in [2.45, 2.75) is 25.3 Å². The molecule has 1 unspecified atom stereocenters. The van der Waals surface area contributed by atoms with Crippen LogP contribution in [-0.4, -0.2) is 33.6 Å². The number of amides is 1. The van der Waals surface area contributed by atoms with Gasteiger partial charge in [-0.25, -0.2) is 0 Å². The van der Waals surface area contributed by atoms with E-state index >= 15 is 0 Å². The standard InChI is InChI=1S/C17H17N3O/c1-2-16-5-3-4-10-20(16)17(21)14-8-6-13(7-9-14)15-11-18-19-12-15/h1,6-9,11-12,16H,3-5,10H2,(H,18,19). The average Bonchev–Trinajstić information content (AvgIpc) is 3.09. The Kier molecular flexibility index (Phi) is 3.74. The van der Waals surface area contributed by atoms with Crippen LogP contribution in [0.2, 0.25) is 0 Å². The highest BCUT2D eigenvalue weighted by Gasteiger charge is 2.25. The number of nitrogens with one attached hydrogen (secondary N) is 1. The van der Waals surface area contributed by atoms with Crippen LogP contribution in [0, 0.1) is 12.3 Å². The zero-order chi connectivity index (χ0) is 14.7. The maximum Gasteiger partial charge on any atom is 0.254 e. The SMILES string of the molecule is C#CC1CCCCN1C(=O)c1ccc(-c2cn[nH]c2)cc1. The van der Waals surface area contributed by atoms with Gasteiger partial charge in [-0.05, 0) is 37.0 Å². The number of carbonyl (C=O) groups excluding carboxylic acids is 1. The van der Waals surface area contributed by atoms with Gasteiger partial charge in [0.1, 0.15) is 0 Å². The van der Waals surface area contributed by atoms with Crippen molar-refractivity contribution in [1.82, 2.24) is 15.1 Å². The van der Waals surface area contributed by atoms with Gasteiger partial charge in [-0.3, -0.25) is 9.89 Å². The van der Waals surface area contributed by atoms with Gasteiger partial charge in [0.25, 0.3) is 5.91 Å². The summed E-state index contributed by atoms with van der Waals surface area (Å²) >= 11 is 0. The van der Waals surface area contributed by atoms with Crippen molar-refractivity contribution in [3.05, 3.63) is 42.2 Å². The lowest BCUT2D eigenvalue weighted by Gasteiger charge is -2.32. The van der Waals surface area contributed by atoms with E-state index in [9.17, 15) is 4.79 Å². The molecule has 1 N–H and O–H groups in total. The molecule has 0 radical (unpaired) electrons. The topological polar surface area (TPSA) is 49.0 Å². The van der Waals surface area contributed by atoms with E-state index in [0.29, 0.717) is 5.56 Å². The van der Waals surface area contributed by atoms with Gasteiger partial charge in [-0.1, -0.05) is 18.1 Å². The van der Waals surface area contributed by atoms with E-state index in [0.717, 1.165) is 36.9 Å². The zero-order valence-corrected chi connectivity index (χ0v) is 11.7. The summed E-state index contributed by atoms with van der Waals surface area (Å²) in [5.41, 5.74) is 2.73. The first-order valence-corrected chi connectivity index (χ1v) is 7.16. The number of benzene rings is 1. The number of nitrogens with zero attached hydrogens (tertiary/aromatic N) is 2. The predicted molar refractivity (Wildman–Crippen MR) is 81.5 cm³/mol. The van der Waals surface area contributed by atoms with Crippen molar-refractivity contribution in [1.29, 1.82) is 0 Å². The molecule has 0 spiro atoms. The second kappa shape index (κ2) is 5.84. The van der Waals surface area contributed by atoms with Crippen molar-refractivity contribution in [2.24, 2.45) is 0 Å². The number of piperidine rings is 1. The van der Waals surface area contributed by atoms with Gasteiger partial charge in [0.15, 0.2) is 0 Å². The van der Waals surface area contributed by atoms with E-state index in [-0.39, 0.29) is 11.9 Å². The molecule has 0 bridgehead atoms. The number of terminal acetylenes is 1. The van der Waals surface area contributed by atoms with Crippen molar-refractivity contribution in [2.75, 3.05) is 6.54 Å². The third-order valence-corrected chi connectivity index (χ3v) is 3.92. The number of aromatic nitrogens is 2. The smallest absolute Gasteiger partial charge is 0.254 e. The van der Waals surface area contributed by atoms with Crippen molar-refractivity contribution < 1.29 is 4.79 Å². The molecule has 0 saturated carbocycles. The van der Waals surface area contributed by atoms with Gasteiger partial charge < -0.3 is 4.90 Å². The number of likely N-dealkylation sites (tertiary alicyclic amines) is 1. The van der Waals surface area contributed by atoms with E-state index < -0.39 is 0 Å². The van der Waals surface area contributed by atoms with Crippen molar-refractivity contribution >= 4 is 5.91 Å². The Bertz CT molecular complexity index is 652. The van der Waals surface area contributed by atoms with Crippen LogP contribution in [0.3, 0.4) is 0 Å². The molecule has 0 aliphatic carbocycles. The largest absolute Gasteiger partial charge is 0.325 e. The minimum absolute atomic E-state index is 0.0244. The first-order valence-electron chi connectivity index (χ1n) is 7.16. The Morgan fingerprint density at radius 3 is 2.76 bits per heavy atom. The highest BCUT2D eigenvalue weighted by atomic mass is 16.2. The van der Waals surface area contributed by atoms with Gasteiger partial charge in [0.2, 0.25) is 0 Å². The van der Waals surface area contributed by atoms with Gasteiger partial charge in [0, 0.05) is 23.9 Å². The summed E-state index contributed by atoms with van der Waals surface area (Å²) in [5, 5.41) is 6.71. The van der Waals surface area contributed by atoms with E-state index in [4.69, 9.17) is 6.42 Å². The Balaban J connectivity index is 1.80. The van der Waals surface area contributed by atoms with Gasteiger partial charge in [-0.2, -0.15) is 5.10 Å². The zero-order valence-electron chi connectivity index (χ0n) is 11.7. The molecule has 106 valence electrons. The van der Waals surface area contributed by atoms with Crippen LogP contribution >= 0.6 is 0 Å². The molecule has 4 nitrogen and oxygen atoms in total. The molecular weight excluding hydrogens is 262 g/mol. The van der Waals surface area contributed by atoms with E-state index in [2.05, 4.69) is 16.1 Å². The summed E-state index contributed by atoms with van der Waals surface area (Å²) in [5.74, 6) is 2.76. The number of hydrogen-bond acceptors (Lipinski definition) is 2. The Morgan fingerprint density at radius 1 is 1.29 bits per heavy atom. The molecule has 1 aliphatic rings. The Hall–Kier alpha value is -2.54. The summed E-state index contributed by atoms with van der Waals surface area (Å²) in [6, 6.07) is 7.51. The fraction of sp³-hybridized carbons (Fsp3) is 0.294. The minimum Gasteiger partial charge on any atom is -0.325 e. The predicted octanol–water partition coefficient (Wildman–Crippen LogP) is 2.70. The van der Waals surface area contributed by atoms with E-state index in [1.54, 1.807) is 6.20 Å². The molecule has 4 heteroatoms. The highest BCUT2D eigenvalue weighted by Crippen LogP contribution is 2.22. The quantitative estimate of drug-likeness (QED) is 0.859. The molecule has 21 heavy (non-hydrogen) atoms. The maximum atomic E-state index is 12.6. The number of hydrogen-bond donors (Lipinski definition) is 1. The number of carbonyl (C=O) groups is 1. The van der Waals surface area contributed by atoms with Crippen LogP contribution in [0.5, 0.6) is 0 Å². The molecule has 1 aromatic heterocycles. The second-order valence-electron chi connectivity index (χ2n) is 5.24. The summed E-state index contributed by atoms with van der Waals surface area (Å²) in [6.07, 6.45) is 12.2. The van der Waals surface area contributed by atoms with Crippen LogP contribution in [0.4, 0.5) is 0 Å². The molecule has 2 heterocycles. The van der Waals surface area contributed by atoms with Crippen molar-refractivity contribution in [3.8, 4) is 23.5 Å². The summed E-state index contributed by atoms with van der Waals surface area (Å²) in [6.45, 7) is 0.747. The molecule has 1 saturated heterocycles. The van der Waals surface area contributed by atoms with Gasteiger partial charge in [-0.15, -0.1) is 6.42 Å². The van der Waals surface area contributed by atoms with Gasteiger partial charge >= 0.3 is 0 Å². The summed E-state index contributed by atoms with van der Waals surface area (Å²) < 4.78 is 0. The lowest BCUT2D eigenvalue weighted by molar-refractivity contribution is 0.0672. The maximum absolute atomic E-state index is 12.6. The van der Waals surface area contributed by atoms with Crippen LogP contribution < -0.4 is 0 Å². The average molecular weight is 279 g/mol. The fourth-order valence-electron chi connectivity index (χ4n) is 2.73.